The monoisotopic (exact) mass is 284 g/mol. The van der Waals surface area contributed by atoms with E-state index < -0.39 is 0 Å². The first-order chi connectivity index (χ1) is 7.31. The molecule has 0 amide bonds. The van der Waals surface area contributed by atoms with Crippen molar-refractivity contribution in [2.24, 2.45) is 0 Å². The number of furan rings is 1. The topological polar surface area (TPSA) is 13.1 Å². The lowest BCUT2D eigenvalue weighted by atomic mass is 10.1. The Morgan fingerprint density at radius 3 is 3.00 bits per heavy atom. The molecule has 2 aromatic rings. The molecule has 0 saturated carbocycles. The lowest BCUT2D eigenvalue weighted by Gasteiger charge is -2.07. The Bertz CT molecular complexity index is 405. The van der Waals surface area contributed by atoms with E-state index in [1.165, 1.54) is 10.4 Å². The highest BCUT2D eigenvalue weighted by Crippen LogP contribution is 2.31. The van der Waals surface area contributed by atoms with Crippen LogP contribution in [0.4, 0.5) is 0 Å². The lowest BCUT2D eigenvalue weighted by molar-refractivity contribution is 0.511. The largest absolute Gasteiger partial charge is 0.469 e. The van der Waals surface area contributed by atoms with Crippen LogP contribution in [-0.2, 0) is 12.8 Å². The molecule has 0 aliphatic rings. The molecular weight excluding hydrogens is 272 g/mol. The summed E-state index contributed by atoms with van der Waals surface area (Å²) in [5, 5.41) is 2.12. The van der Waals surface area contributed by atoms with Crippen molar-refractivity contribution in [3.8, 4) is 0 Å². The van der Waals surface area contributed by atoms with Crippen molar-refractivity contribution in [2.75, 3.05) is 0 Å². The fourth-order valence-electron chi connectivity index (χ4n) is 1.63. The quantitative estimate of drug-likeness (QED) is 0.749. The number of thiophene rings is 1. The molecule has 80 valence electrons. The van der Waals surface area contributed by atoms with Crippen molar-refractivity contribution >= 4 is 27.3 Å². The molecule has 1 unspecified atom stereocenters. The van der Waals surface area contributed by atoms with Crippen LogP contribution in [0.25, 0.3) is 0 Å². The van der Waals surface area contributed by atoms with E-state index in [0.29, 0.717) is 4.83 Å². The number of rotatable bonds is 4. The average molecular weight is 285 g/mol. The zero-order valence-electron chi connectivity index (χ0n) is 8.57. The molecule has 1 nitrogen and oxygen atoms in total. The molecule has 2 heterocycles. The van der Waals surface area contributed by atoms with Gasteiger partial charge in [0.05, 0.1) is 6.26 Å². The summed E-state index contributed by atoms with van der Waals surface area (Å²) < 4.78 is 5.43. The van der Waals surface area contributed by atoms with Gasteiger partial charge in [-0.2, -0.15) is 0 Å². The van der Waals surface area contributed by atoms with Gasteiger partial charge in [-0.05, 0) is 23.9 Å². The predicted octanol–water partition coefficient (Wildman–Crippen LogP) is 4.58. The minimum atomic E-state index is 0.366. The Morgan fingerprint density at radius 2 is 2.33 bits per heavy atom. The van der Waals surface area contributed by atoms with E-state index in [2.05, 4.69) is 46.4 Å². The fourth-order valence-corrected chi connectivity index (χ4v) is 3.36. The van der Waals surface area contributed by atoms with Gasteiger partial charge in [0.15, 0.2) is 0 Å². The molecule has 0 bridgehead atoms. The molecule has 0 saturated heterocycles. The van der Waals surface area contributed by atoms with Crippen LogP contribution in [0.2, 0.25) is 0 Å². The van der Waals surface area contributed by atoms with Crippen LogP contribution in [0, 0.1) is 0 Å². The highest BCUT2D eigenvalue weighted by molar-refractivity contribution is 9.09. The van der Waals surface area contributed by atoms with E-state index in [9.17, 15) is 0 Å². The summed E-state index contributed by atoms with van der Waals surface area (Å²) in [7, 11) is 0. The molecule has 0 aliphatic heterocycles. The first-order valence-corrected chi connectivity index (χ1v) is 6.83. The van der Waals surface area contributed by atoms with Gasteiger partial charge in [-0.15, -0.1) is 11.3 Å². The molecule has 2 rings (SSSR count). The number of hydrogen-bond acceptors (Lipinski definition) is 2. The zero-order chi connectivity index (χ0) is 10.7. The minimum Gasteiger partial charge on any atom is -0.469 e. The van der Waals surface area contributed by atoms with Gasteiger partial charge >= 0.3 is 0 Å². The molecular formula is C12H13BrOS. The second-order valence-electron chi connectivity index (χ2n) is 3.40. The van der Waals surface area contributed by atoms with Gasteiger partial charge in [0, 0.05) is 21.7 Å². The molecule has 2 aromatic heterocycles. The Kier molecular flexibility index (Phi) is 3.65. The minimum absolute atomic E-state index is 0.366. The zero-order valence-corrected chi connectivity index (χ0v) is 11.0. The third-order valence-electron chi connectivity index (χ3n) is 2.40. The van der Waals surface area contributed by atoms with Gasteiger partial charge in [0.2, 0.25) is 0 Å². The molecule has 3 heteroatoms. The van der Waals surface area contributed by atoms with Gasteiger partial charge in [0.1, 0.15) is 5.76 Å². The second-order valence-corrected chi connectivity index (χ2v) is 5.54. The van der Waals surface area contributed by atoms with E-state index >= 15 is 0 Å². The van der Waals surface area contributed by atoms with Crippen LogP contribution in [0.1, 0.15) is 28.0 Å². The summed E-state index contributed by atoms with van der Waals surface area (Å²) in [6.07, 6.45) is 3.76. The Morgan fingerprint density at radius 1 is 1.47 bits per heavy atom. The van der Waals surface area contributed by atoms with Crippen LogP contribution in [0.3, 0.4) is 0 Å². The third-order valence-corrected chi connectivity index (χ3v) is 4.11. The average Bonchev–Trinajstić information content (AvgIpc) is 2.86. The predicted molar refractivity (Wildman–Crippen MR) is 67.8 cm³/mol. The molecule has 1 atom stereocenters. The van der Waals surface area contributed by atoms with E-state index in [1.54, 1.807) is 17.6 Å². The highest BCUT2D eigenvalue weighted by Gasteiger charge is 2.14. The van der Waals surface area contributed by atoms with Gasteiger partial charge in [0.25, 0.3) is 0 Å². The Hall–Kier alpha value is -0.540. The van der Waals surface area contributed by atoms with Crippen LogP contribution in [-0.4, -0.2) is 0 Å². The molecule has 0 radical (unpaired) electrons. The van der Waals surface area contributed by atoms with Crippen LogP contribution >= 0.6 is 27.3 Å². The summed E-state index contributed by atoms with van der Waals surface area (Å²) >= 11 is 5.53. The number of alkyl halides is 1. The van der Waals surface area contributed by atoms with Crippen molar-refractivity contribution in [2.45, 2.75) is 24.6 Å². The normalized spacial score (nSPS) is 12.9. The highest BCUT2D eigenvalue weighted by atomic mass is 79.9. The lowest BCUT2D eigenvalue weighted by Crippen LogP contribution is -1.95. The first kappa shape index (κ1) is 11.0. The van der Waals surface area contributed by atoms with Crippen molar-refractivity contribution < 1.29 is 4.42 Å². The van der Waals surface area contributed by atoms with E-state index in [1.807, 2.05) is 0 Å². The molecule has 0 fully saturated rings. The van der Waals surface area contributed by atoms with Crippen LogP contribution in [0.5, 0.6) is 0 Å². The maximum Gasteiger partial charge on any atom is 0.107 e. The van der Waals surface area contributed by atoms with E-state index in [4.69, 9.17) is 4.42 Å². The number of hydrogen-bond donors (Lipinski definition) is 0. The SMILES string of the molecule is CCc1occc1C(Br)Cc1cccs1. The van der Waals surface area contributed by atoms with E-state index in [-0.39, 0.29) is 0 Å². The smallest absolute Gasteiger partial charge is 0.107 e. The summed E-state index contributed by atoms with van der Waals surface area (Å²) in [5.41, 5.74) is 1.28. The van der Waals surface area contributed by atoms with Gasteiger partial charge < -0.3 is 4.42 Å². The number of aryl methyl sites for hydroxylation is 1. The van der Waals surface area contributed by atoms with Gasteiger partial charge in [-0.25, -0.2) is 0 Å². The molecule has 0 spiro atoms. The molecule has 0 aliphatic carbocycles. The van der Waals surface area contributed by atoms with E-state index in [0.717, 1.165) is 18.6 Å². The summed E-state index contributed by atoms with van der Waals surface area (Å²) in [6, 6.07) is 6.33. The molecule has 0 N–H and O–H groups in total. The van der Waals surface area contributed by atoms with Crippen LogP contribution in [0.15, 0.2) is 34.3 Å². The van der Waals surface area contributed by atoms with Gasteiger partial charge in [-0.3, -0.25) is 0 Å². The van der Waals surface area contributed by atoms with Crippen molar-refractivity contribution in [1.29, 1.82) is 0 Å². The van der Waals surface area contributed by atoms with Crippen LogP contribution < -0.4 is 0 Å². The summed E-state index contributed by atoms with van der Waals surface area (Å²) in [6.45, 7) is 2.12. The van der Waals surface area contributed by atoms with Crippen molar-refractivity contribution in [1.82, 2.24) is 0 Å². The Balaban J connectivity index is 2.11. The fraction of sp³-hybridized carbons (Fsp3) is 0.333. The maximum atomic E-state index is 5.43. The van der Waals surface area contributed by atoms with Crippen molar-refractivity contribution in [3.63, 3.8) is 0 Å². The summed E-state index contributed by atoms with van der Waals surface area (Å²) in [5.74, 6) is 1.09. The second kappa shape index (κ2) is 4.99. The summed E-state index contributed by atoms with van der Waals surface area (Å²) in [4.78, 5) is 1.77. The number of halogens is 1. The maximum absolute atomic E-state index is 5.43. The molecule has 15 heavy (non-hydrogen) atoms. The Labute approximate surface area is 102 Å². The molecule has 0 aromatic carbocycles. The third kappa shape index (κ3) is 2.52. The standard InChI is InChI=1S/C12H13BrOS/c1-2-12-10(5-6-14-12)11(13)8-9-4-3-7-15-9/h3-7,11H,2,8H2,1H3. The first-order valence-electron chi connectivity index (χ1n) is 5.04. The van der Waals surface area contributed by atoms with Crippen molar-refractivity contribution in [3.05, 3.63) is 46.0 Å². The van der Waals surface area contributed by atoms with Gasteiger partial charge in [-0.1, -0.05) is 28.9 Å².